The highest BCUT2D eigenvalue weighted by molar-refractivity contribution is 5.85. The maximum absolute atomic E-state index is 12.4. The van der Waals surface area contributed by atoms with Crippen molar-refractivity contribution in [2.75, 3.05) is 26.2 Å². The fourth-order valence-corrected chi connectivity index (χ4v) is 2.08. The minimum absolute atomic E-state index is 0.0295. The van der Waals surface area contributed by atoms with Crippen molar-refractivity contribution in [2.45, 2.75) is 58.9 Å². The summed E-state index contributed by atoms with van der Waals surface area (Å²) in [5.41, 5.74) is -0.547. The molecule has 0 aromatic heterocycles. The van der Waals surface area contributed by atoms with E-state index in [0.717, 1.165) is 25.9 Å². The molecule has 0 atom stereocenters. The summed E-state index contributed by atoms with van der Waals surface area (Å²) in [4.78, 5) is 14.1. The molecule has 0 fully saturated rings. The van der Waals surface area contributed by atoms with E-state index in [1.165, 1.54) is 12.8 Å². The number of nitrogens with one attached hydrogen (secondary N) is 1. The zero-order valence-corrected chi connectivity index (χ0v) is 12.5. The number of carbonyl (C=O) groups is 1. The Bertz CT molecular complexity index is 230. The normalized spacial score (nSPS) is 11.6. The van der Waals surface area contributed by atoms with E-state index < -0.39 is 5.54 Å². The number of amides is 1. The van der Waals surface area contributed by atoms with E-state index in [-0.39, 0.29) is 12.5 Å². The summed E-state index contributed by atoms with van der Waals surface area (Å²) in [6.07, 6.45) is 4.56. The molecule has 0 aliphatic rings. The first kappa shape index (κ1) is 17.4. The van der Waals surface area contributed by atoms with Crippen LogP contribution in [-0.2, 0) is 4.79 Å². The molecule has 0 aliphatic heterocycles. The first-order chi connectivity index (χ1) is 8.49. The van der Waals surface area contributed by atoms with Crippen molar-refractivity contribution < 1.29 is 9.90 Å². The van der Waals surface area contributed by atoms with E-state index in [2.05, 4.69) is 12.2 Å². The van der Waals surface area contributed by atoms with Gasteiger partial charge in [-0.05, 0) is 26.8 Å². The maximum Gasteiger partial charge on any atom is 0.242 e. The smallest absolute Gasteiger partial charge is 0.242 e. The third kappa shape index (κ3) is 6.36. The molecule has 0 saturated carbocycles. The molecule has 0 heterocycles. The van der Waals surface area contributed by atoms with Crippen LogP contribution in [0.15, 0.2) is 0 Å². The van der Waals surface area contributed by atoms with Crippen LogP contribution in [0, 0.1) is 0 Å². The number of hydrogen-bond acceptors (Lipinski definition) is 3. The molecule has 0 aliphatic carbocycles. The molecule has 0 bridgehead atoms. The van der Waals surface area contributed by atoms with Crippen molar-refractivity contribution in [1.29, 1.82) is 0 Å². The van der Waals surface area contributed by atoms with Gasteiger partial charge in [-0.2, -0.15) is 0 Å². The van der Waals surface area contributed by atoms with Gasteiger partial charge in [-0.15, -0.1) is 0 Å². The fourth-order valence-electron chi connectivity index (χ4n) is 2.08. The lowest BCUT2D eigenvalue weighted by molar-refractivity contribution is -0.137. The highest BCUT2D eigenvalue weighted by Crippen LogP contribution is 2.10. The standard InChI is InChI=1S/C14H30N2O2/c1-5-7-8-9-10-16(11-12-17)13(18)14(3,4)15-6-2/h15,17H,5-12H2,1-4H3. The number of likely N-dealkylation sites (N-methyl/N-ethyl adjacent to an activating group) is 1. The van der Waals surface area contributed by atoms with Crippen molar-refractivity contribution >= 4 is 5.91 Å². The summed E-state index contributed by atoms with van der Waals surface area (Å²) >= 11 is 0. The van der Waals surface area contributed by atoms with Crippen LogP contribution in [-0.4, -0.2) is 47.7 Å². The van der Waals surface area contributed by atoms with Gasteiger partial charge in [-0.1, -0.05) is 33.1 Å². The molecule has 0 rings (SSSR count). The van der Waals surface area contributed by atoms with Gasteiger partial charge in [0.15, 0.2) is 0 Å². The highest BCUT2D eigenvalue weighted by atomic mass is 16.3. The predicted molar refractivity (Wildman–Crippen MR) is 75.6 cm³/mol. The van der Waals surface area contributed by atoms with Gasteiger partial charge in [0.25, 0.3) is 0 Å². The van der Waals surface area contributed by atoms with Crippen LogP contribution in [0.5, 0.6) is 0 Å². The largest absolute Gasteiger partial charge is 0.395 e. The second-order valence-corrected chi connectivity index (χ2v) is 5.23. The average Bonchev–Trinajstić information content (AvgIpc) is 2.32. The average molecular weight is 258 g/mol. The lowest BCUT2D eigenvalue weighted by Gasteiger charge is -2.32. The van der Waals surface area contributed by atoms with Crippen molar-refractivity contribution in [3.63, 3.8) is 0 Å². The number of unbranched alkanes of at least 4 members (excludes halogenated alkanes) is 3. The maximum atomic E-state index is 12.4. The molecular weight excluding hydrogens is 228 g/mol. The van der Waals surface area contributed by atoms with Gasteiger partial charge >= 0.3 is 0 Å². The van der Waals surface area contributed by atoms with Gasteiger partial charge in [-0.25, -0.2) is 0 Å². The Morgan fingerprint density at radius 2 is 1.83 bits per heavy atom. The second-order valence-electron chi connectivity index (χ2n) is 5.23. The molecule has 0 spiro atoms. The summed E-state index contributed by atoms with van der Waals surface area (Å²) in [6, 6.07) is 0. The number of carbonyl (C=O) groups excluding carboxylic acids is 1. The highest BCUT2D eigenvalue weighted by Gasteiger charge is 2.30. The van der Waals surface area contributed by atoms with E-state index in [9.17, 15) is 4.79 Å². The molecule has 4 nitrogen and oxygen atoms in total. The van der Waals surface area contributed by atoms with Crippen molar-refractivity contribution in [3.05, 3.63) is 0 Å². The van der Waals surface area contributed by atoms with Crippen LogP contribution in [0.25, 0.3) is 0 Å². The minimum Gasteiger partial charge on any atom is -0.395 e. The summed E-state index contributed by atoms with van der Waals surface area (Å²) < 4.78 is 0. The van der Waals surface area contributed by atoms with Gasteiger partial charge in [-0.3, -0.25) is 4.79 Å². The number of hydrogen-bond donors (Lipinski definition) is 2. The van der Waals surface area contributed by atoms with Crippen LogP contribution >= 0.6 is 0 Å². The lowest BCUT2D eigenvalue weighted by Crippen LogP contribution is -2.54. The fraction of sp³-hybridized carbons (Fsp3) is 0.929. The number of aliphatic hydroxyl groups excluding tert-OH is 1. The number of nitrogens with zero attached hydrogens (tertiary/aromatic N) is 1. The Hall–Kier alpha value is -0.610. The van der Waals surface area contributed by atoms with Crippen molar-refractivity contribution in [1.82, 2.24) is 10.2 Å². The van der Waals surface area contributed by atoms with E-state index >= 15 is 0 Å². The Labute approximate surface area is 112 Å². The van der Waals surface area contributed by atoms with E-state index in [4.69, 9.17) is 5.11 Å². The molecule has 1 amide bonds. The molecule has 0 unspecified atom stereocenters. The molecular formula is C14H30N2O2. The molecule has 0 aromatic rings. The van der Waals surface area contributed by atoms with Gasteiger partial charge in [0.2, 0.25) is 5.91 Å². The molecule has 0 saturated heterocycles. The minimum atomic E-state index is -0.547. The molecule has 0 radical (unpaired) electrons. The van der Waals surface area contributed by atoms with Crippen LogP contribution in [0.2, 0.25) is 0 Å². The Morgan fingerprint density at radius 3 is 2.33 bits per heavy atom. The Morgan fingerprint density at radius 1 is 1.17 bits per heavy atom. The summed E-state index contributed by atoms with van der Waals surface area (Å²) in [6.45, 7) is 9.93. The molecule has 0 aromatic carbocycles. The topological polar surface area (TPSA) is 52.6 Å². The molecule has 108 valence electrons. The van der Waals surface area contributed by atoms with Gasteiger partial charge < -0.3 is 15.3 Å². The van der Waals surface area contributed by atoms with Crippen molar-refractivity contribution in [2.24, 2.45) is 0 Å². The quantitative estimate of drug-likeness (QED) is 0.587. The molecule has 18 heavy (non-hydrogen) atoms. The molecule has 2 N–H and O–H groups in total. The Kier molecular flexibility index (Phi) is 9.02. The van der Waals surface area contributed by atoms with Gasteiger partial charge in [0, 0.05) is 13.1 Å². The van der Waals surface area contributed by atoms with E-state index in [0.29, 0.717) is 6.54 Å². The zero-order chi connectivity index (χ0) is 14.0. The lowest BCUT2D eigenvalue weighted by atomic mass is 10.0. The van der Waals surface area contributed by atoms with E-state index in [1.54, 1.807) is 4.90 Å². The predicted octanol–water partition coefficient (Wildman–Crippen LogP) is 1.78. The first-order valence-electron chi connectivity index (χ1n) is 7.14. The van der Waals surface area contributed by atoms with Crippen LogP contribution in [0.3, 0.4) is 0 Å². The third-order valence-electron chi connectivity index (χ3n) is 3.09. The summed E-state index contributed by atoms with van der Waals surface area (Å²) in [5, 5.41) is 12.3. The SMILES string of the molecule is CCCCCCN(CCO)C(=O)C(C)(C)NCC. The first-order valence-corrected chi connectivity index (χ1v) is 7.14. The number of rotatable bonds is 10. The van der Waals surface area contributed by atoms with Gasteiger partial charge in [0.1, 0.15) is 0 Å². The van der Waals surface area contributed by atoms with Crippen LogP contribution < -0.4 is 5.32 Å². The van der Waals surface area contributed by atoms with Crippen LogP contribution in [0.4, 0.5) is 0 Å². The van der Waals surface area contributed by atoms with E-state index in [1.807, 2.05) is 20.8 Å². The van der Waals surface area contributed by atoms with Gasteiger partial charge in [0.05, 0.1) is 12.1 Å². The monoisotopic (exact) mass is 258 g/mol. The second kappa shape index (κ2) is 9.34. The van der Waals surface area contributed by atoms with Crippen molar-refractivity contribution in [3.8, 4) is 0 Å². The zero-order valence-electron chi connectivity index (χ0n) is 12.5. The number of aliphatic hydroxyl groups is 1. The van der Waals surface area contributed by atoms with Crippen LogP contribution in [0.1, 0.15) is 53.4 Å². The third-order valence-corrected chi connectivity index (χ3v) is 3.09. The molecule has 4 heteroatoms. The summed E-state index contributed by atoms with van der Waals surface area (Å²) in [7, 11) is 0. The summed E-state index contributed by atoms with van der Waals surface area (Å²) in [5.74, 6) is 0.0786. The Balaban J connectivity index is 4.34.